The van der Waals surface area contributed by atoms with Crippen molar-refractivity contribution in [2.24, 2.45) is 0 Å². The molecule has 0 bridgehead atoms. The van der Waals surface area contributed by atoms with Gasteiger partial charge in [0.15, 0.2) is 0 Å². The van der Waals surface area contributed by atoms with Crippen molar-refractivity contribution in [3.8, 4) is 10.9 Å². The molecule has 1 aliphatic rings. The average molecular weight is 368 g/mol. The molecule has 136 valence electrons. The number of hydrogen-bond donors (Lipinski definition) is 1. The number of nitrogens with zero attached hydrogens (tertiary/aromatic N) is 2. The van der Waals surface area contributed by atoms with E-state index in [1.54, 1.807) is 11.3 Å². The Morgan fingerprint density at radius 1 is 1.12 bits per heavy atom. The Morgan fingerprint density at radius 3 is 2.62 bits per heavy atom. The lowest BCUT2D eigenvalue weighted by Gasteiger charge is -2.31. The predicted octanol–water partition coefficient (Wildman–Crippen LogP) is 4.31. The van der Waals surface area contributed by atoms with Crippen LogP contribution in [-0.4, -0.2) is 42.6 Å². The molecule has 5 heteroatoms. The maximum absolute atomic E-state index is 5.93. The Balaban J connectivity index is 1.30. The van der Waals surface area contributed by atoms with Crippen LogP contribution in [0.15, 0.2) is 48.5 Å². The number of para-hydroxylation sites is 1. The molecule has 1 aromatic heterocycles. The summed E-state index contributed by atoms with van der Waals surface area (Å²) in [5.74, 6) is 0.850. The van der Waals surface area contributed by atoms with E-state index in [0.29, 0.717) is 11.2 Å². The molecule has 26 heavy (non-hydrogen) atoms. The van der Waals surface area contributed by atoms with E-state index >= 15 is 0 Å². The number of thiazole rings is 1. The van der Waals surface area contributed by atoms with Crippen LogP contribution in [0.2, 0.25) is 0 Å². The summed E-state index contributed by atoms with van der Waals surface area (Å²) in [5.41, 5.74) is 2.35. The van der Waals surface area contributed by atoms with Gasteiger partial charge in [0.1, 0.15) is 5.75 Å². The van der Waals surface area contributed by atoms with Crippen LogP contribution in [0, 0.1) is 0 Å². The van der Waals surface area contributed by atoms with E-state index in [-0.39, 0.29) is 0 Å². The summed E-state index contributed by atoms with van der Waals surface area (Å²) in [6.45, 7) is 3.53. The molecule has 0 amide bonds. The normalized spacial score (nSPS) is 16.2. The average Bonchev–Trinajstić information content (AvgIpc) is 3.10. The lowest BCUT2D eigenvalue weighted by molar-refractivity contribution is 0.204. The molecule has 4 nitrogen and oxygen atoms in total. The Kier molecular flexibility index (Phi) is 5.48. The third-order valence-corrected chi connectivity index (χ3v) is 6.03. The van der Waals surface area contributed by atoms with Gasteiger partial charge in [-0.3, -0.25) is 0 Å². The highest BCUT2D eigenvalue weighted by Gasteiger charge is 2.17. The van der Waals surface area contributed by atoms with Gasteiger partial charge in [0.05, 0.1) is 10.2 Å². The maximum Gasteiger partial charge on any atom is 0.279 e. The second-order valence-electron chi connectivity index (χ2n) is 6.85. The van der Waals surface area contributed by atoms with Crippen molar-refractivity contribution in [2.75, 3.05) is 26.7 Å². The van der Waals surface area contributed by atoms with Crippen LogP contribution < -0.4 is 10.1 Å². The van der Waals surface area contributed by atoms with Gasteiger partial charge in [-0.15, -0.1) is 0 Å². The number of ether oxygens (including phenoxy) is 1. The van der Waals surface area contributed by atoms with Gasteiger partial charge in [-0.05, 0) is 69.2 Å². The number of nitrogens with one attached hydrogen (secondary N) is 1. The third-order valence-electron chi connectivity index (χ3n) is 5.12. The fourth-order valence-corrected chi connectivity index (χ4v) is 4.29. The Morgan fingerprint density at radius 2 is 1.88 bits per heavy atom. The van der Waals surface area contributed by atoms with Crippen molar-refractivity contribution >= 4 is 21.6 Å². The first-order valence-corrected chi connectivity index (χ1v) is 10.1. The lowest BCUT2D eigenvalue weighted by Crippen LogP contribution is -2.41. The molecule has 0 unspecified atom stereocenters. The first kappa shape index (κ1) is 17.5. The highest BCUT2D eigenvalue weighted by Crippen LogP contribution is 2.31. The molecule has 2 aromatic carbocycles. The minimum atomic E-state index is 0.699. The summed E-state index contributed by atoms with van der Waals surface area (Å²) in [5, 5.41) is 4.09. The highest BCUT2D eigenvalue weighted by molar-refractivity contribution is 7.20. The van der Waals surface area contributed by atoms with Gasteiger partial charge in [0, 0.05) is 12.6 Å². The molecule has 0 radical (unpaired) electrons. The van der Waals surface area contributed by atoms with E-state index in [1.165, 1.54) is 31.5 Å². The molecule has 0 aliphatic carbocycles. The topological polar surface area (TPSA) is 37.4 Å². The summed E-state index contributed by atoms with van der Waals surface area (Å²) in [7, 11) is 2.07. The molecule has 1 N–H and O–H groups in total. The van der Waals surface area contributed by atoms with Crippen LogP contribution in [0.5, 0.6) is 10.9 Å². The SMILES string of the molecule is CNC1CCN(CCc2ccc(Oc3nc4ccccc4s3)cc2)CC1. The number of hydrogen-bond acceptors (Lipinski definition) is 5. The van der Waals surface area contributed by atoms with E-state index < -0.39 is 0 Å². The predicted molar refractivity (Wildman–Crippen MR) is 108 cm³/mol. The van der Waals surface area contributed by atoms with E-state index in [4.69, 9.17) is 4.74 Å². The van der Waals surface area contributed by atoms with E-state index in [0.717, 1.165) is 28.9 Å². The van der Waals surface area contributed by atoms with Crippen LogP contribution >= 0.6 is 11.3 Å². The van der Waals surface area contributed by atoms with Crippen molar-refractivity contribution in [1.29, 1.82) is 0 Å². The van der Waals surface area contributed by atoms with Crippen molar-refractivity contribution in [3.05, 3.63) is 54.1 Å². The Labute approximate surface area is 158 Å². The maximum atomic E-state index is 5.93. The van der Waals surface area contributed by atoms with E-state index in [2.05, 4.69) is 52.6 Å². The minimum absolute atomic E-state index is 0.699. The van der Waals surface area contributed by atoms with Crippen LogP contribution in [0.25, 0.3) is 10.2 Å². The zero-order valence-corrected chi connectivity index (χ0v) is 16.0. The van der Waals surface area contributed by atoms with Gasteiger partial charge < -0.3 is 15.0 Å². The van der Waals surface area contributed by atoms with Gasteiger partial charge in [0.2, 0.25) is 0 Å². The third kappa shape index (κ3) is 4.23. The van der Waals surface area contributed by atoms with Crippen molar-refractivity contribution in [3.63, 3.8) is 0 Å². The summed E-state index contributed by atoms with van der Waals surface area (Å²) in [4.78, 5) is 7.09. The standard InChI is InChI=1S/C21H25N3OS/c1-22-17-11-14-24(15-12-17)13-10-16-6-8-18(9-7-16)25-21-23-19-4-2-3-5-20(19)26-21/h2-9,17,22H,10-15H2,1H3. The van der Waals surface area contributed by atoms with Crippen LogP contribution in [0.4, 0.5) is 0 Å². The molecule has 2 heterocycles. The molecule has 0 spiro atoms. The van der Waals surface area contributed by atoms with Crippen molar-refractivity contribution < 1.29 is 4.74 Å². The van der Waals surface area contributed by atoms with Crippen LogP contribution in [0.1, 0.15) is 18.4 Å². The molecule has 4 rings (SSSR count). The number of piperidine rings is 1. The molecule has 1 fully saturated rings. The number of likely N-dealkylation sites (tertiary alicyclic amines) is 1. The lowest BCUT2D eigenvalue weighted by atomic mass is 10.0. The number of aromatic nitrogens is 1. The van der Waals surface area contributed by atoms with E-state index in [1.807, 2.05) is 18.2 Å². The Bertz CT molecular complexity index is 805. The molecule has 0 saturated carbocycles. The van der Waals surface area contributed by atoms with Crippen LogP contribution in [0.3, 0.4) is 0 Å². The fraction of sp³-hybridized carbons (Fsp3) is 0.381. The molecule has 3 aromatic rings. The molecular weight excluding hydrogens is 342 g/mol. The summed E-state index contributed by atoms with van der Waals surface area (Å²) >= 11 is 1.58. The monoisotopic (exact) mass is 367 g/mol. The van der Waals surface area contributed by atoms with Crippen molar-refractivity contribution in [1.82, 2.24) is 15.2 Å². The molecule has 0 atom stereocenters. The second kappa shape index (κ2) is 8.16. The number of rotatable bonds is 6. The smallest absolute Gasteiger partial charge is 0.279 e. The fourth-order valence-electron chi connectivity index (χ4n) is 3.45. The van der Waals surface area contributed by atoms with Crippen LogP contribution in [-0.2, 0) is 6.42 Å². The summed E-state index contributed by atoms with van der Waals surface area (Å²) in [6, 6.07) is 17.3. The molecule has 1 aliphatic heterocycles. The minimum Gasteiger partial charge on any atom is -0.431 e. The summed E-state index contributed by atoms with van der Waals surface area (Å²) in [6.07, 6.45) is 3.60. The van der Waals surface area contributed by atoms with Gasteiger partial charge in [-0.2, -0.15) is 0 Å². The second-order valence-corrected chi connectivity index (χ2v) is 7.84. The largest absolute Gasteiger partial charge is 0.431 e. The van der Waals surface area contributed by atoms with Gasteiger partial charge in [0.25, 0.3) is 5.19 Å². The first-order valence-electron chi connectivity index (χ1n) is 9.32. The van der Waals surface area contributed by atoms with Gasteiger partial charge >= 0.3 is 0 Å². The number of fused-ring (bicyclic) bond motifs is 1. The van der Waals surface area contributed by atoms with Gasteiger partial charge in [-0.25, -0.2) is 4.98 Å². The highest BCUT2D eigenvalue weighted by atomic mass is 32.1. The molecular formula is C21H25N3OS. The zero-order valence-electron chi connectivity index (χ0n) is 15.1. The van der Waals surface area contributed by atoms with Crippen molar-refractivity contribution in [2.45, 2.75) is 25.3 Å². The van der Waals surface area contributed by atoms with Gasteiger partial charge in [-0.1, -0.05) is 35.6 Å². The molecule has 1 saturated heterocycles. The van der Waals surface area contributed by atoms with E-state index in [9.17, 15) is 0 Å². The zero-order chi connectivity index (χ0) is 17.8. The Hall–Kier alpha value is -1.95. The number of benzene rings is 2. The quantitative estimate of drug-likeness (QED) is 0.704. The summed E-state index contributed by atoms with van der Waals surface area (Å²) < 4.78 is 7.08. The first-order chi connectivity index (χ1) is 12.8.